The van der Waals surface area contributed by atoms with Crippen LogP contribution in [-0.2, 0) is 19.9 Å². The van der Waals surface area contributed by atoms with Gasteiger partial charge >= 0.3 is 6.36 Å². The number of hydrogen-bond donors (Lipinski definition) is 0. The van der Waals surface area contributed by atoms with Gasteiger partial charge in [-0.15, -0.1) is 13.2 Å². The minimum absolute atomic E-state index is 0.119. The monoisotopic (exact) mass is 539 g/mol. The van der Waals surface area contributed by atoms with Crippen LogP contribution >= 0.6 is 11.6 Å². The lowest BCUT2D eigenvalue weighted by Crippen LogP contribution is -2.35. The summed E-state index contributed by atoms with van der Waals surface area (Å²) in [4.78, 5) is 15.2. The first-order valence-electron chi connectivity index (χ1n) is 12.4. The van der Waals surface area contributed by atoms with Crippen LogP contribution in [-0.4, -0.2) is 40.3 Å². The molecule has 0 aliphatic carbocycles. The Kier molecular flexibility index (Phi) is 8.64. The molecule has 0 radical (unpaired) electrons. The highest BCUT2D eigenvalue weighted by molar-refractivity contribution is 6.31. The highest BCUT2D eigenvalue weighted by atomic mass is 35.5. The number of halogens is 5. The van der Waals surface area contributed by atoms with Crippen molar-refractivity contribution < 1.29 is 22.3 Å². The van der Waals surface area contributed by atoms with Crippen molar-refractivity contribution in [3.63, 3.8) is 0 Å². The third-order valence-corrected chi connectivity index (χ3v) is 7.38. The molecule has 4 rings (SSSR count). The molecule has 1 aliphatic rings. The molecule has 1 aliphatic heterocycles. The quantitative estimate of drug-likeness (QED) is 0.306. The van der Waals surface area contributed by atoms with E-state index in [2.05, 4.69) is 9.64 Å². The van der Waals surface area contributed by atoms with Crippen LogP contribution in [0.4, 0.5) is 17.6 Å². The molecular formula is C27H30ClF4N3O2. The topological polar surface area (TPSA) is 39.4 Å². The van der Waals surface area contributed by atoms with Gasteiger partial charge in [-0.2, -0.15) is 0 Å². The van der Waals surface area contributed by atoms with E-state index in [0.717, 1.165) is 51.7 Å². The molecule has 0 atom stereocenters. The second-order valence-corrected chi connectivity index (χ2v) is 9.87. The lowest BCUT2D eigenvalue weighted by Gasteiger charge is -2.32. The molecule has 1 fully saturated rings. The molecule has 0 unspecified atom stereocenters. The van der Waals surface area contributed by atoms with Gasteiger partial charge in [0.1, 0.15) is 16.6 Å². The van der Waals surface area contributed by atoms with E-state index in [1.165, 1.54) is 46.6 Å². The van der Waals surface area contributed by atoms with Gasteiger partial charge < -0.3 is 9.64 Å². The summed E-state index contributed by atoms with van der Waals surface area (Å²) < 4.78 is 57.2. The molecule has 0 N–H and O–H groups in total. The molecule has 0 bridgehead atoms. The zero-order chi connectivity index (χ0) is 26.6. The summed E-state index contributed by atoms with van der Waals surface area (Å²) in [7, 11) is 1.72. The highest BCUT2D eigenvalue weighted by Crippen LogP contribution is 2.26. The average Bonchev–Trinajstić information content (AvgIpc) is 3.07. The van der Waals surface area contributed by atoms with E-state index >= 15 is 0 Å². The van der Waals surface area contributed by atoms with Crippen molar-refractivity contribution in [2.45, 2.75) is 44.9 Å². The van der Waals surface area contributed by atoms with E-state index in [1.807, 2.05) is 12.1 Å². The summed E-state index contributed by atoms with van der Waals surface area (Å²) in [6.07, 6.45) is 1.24. The molecule has 0 spiro atoms. The first-order chi connectivity index (χ1) is 17.6. The van der Waals surface area contributed by atoms with Crippen molar-refractivity contribution in [3.8, 4) is 11.4 Å². The molecule has 2 heterocycles. The number of ether oxygens (including phenoxy) is 1. The van der Waals surface area contributed by atoms with Crippen LogP contribution in [0, 0.1) is 11.7 Å². The van der Waals surface area contributed by atoms with E-state index in [-0.39, 0.29) is 16.6 Å². The molecular weight excluding hydrogens is 510 g/mol. The smallest absolute Gasteiger partial charge is 0.406 e. The van der Waals surface area contributed by atoms with E-state index in [4.69, 9.17) is 11.6 Å². The number of aryl methyl sites for hydroxylation is 1. The Bertz CT molecular complexity index is 1230. The highest BCUT2D eigenvalue weighted by Gasteiger charge is 2.31. The van der Waals surface area contributed by atoms with Crippen LogP contribution in [0.25, 0.3) is 5.69 Å². The largest absolute Gasteiger partial charge is 0.573 e. The molecule has 1 saturated heterocycles. The normalized spacial score (nSPS) is 15.3. The minimum atomic E-state index is -4.78. The second kappa shape index (κ2) is 11.7. The maximum absolute atomic E-state index is 13.0. The molecule has 1 aromatic heterocycles. The number of rotatable bonds is 9. The molecule has 37 heavy (non-hydrogen) atoms. The molecule has 0 amide bonds. The number of aromatic nitrogens is 2. The van der Waals surface area contributed by atoms with E-state index in [9.17, 15) is 22.4 Å². The number of nitrogens with zero attached hydrogens (tertiary/aromatic N) is 3. The number of likely N-dealkylation sites (tertiary alicyclic amines) is 1. The second-order valence-electron chi connectivity index (χ2n) is 9.50. The first kappa shape index (κ1) is 27.3. The van der Waals surface area contributed by atoms with Crippen LogP contribution in [0.15, 0.2) is 53.3 Å². The minimum Gasteiger partial charge on any atom is -0.406 e. The van der Waals surface area contributed by atoms with Crippen molar-refractivity contribution in [2.24, 2.45) is 13.0 Å². The van der Waals surface area contributed by atoms with Crippen LogP contribution in [0.2, 0.25) is 5.02 Å². The van der Waals surface area contributed by atoms with Crippen LogP contribution in [0.3, 0.4) is 0 Å². The van der Waals surface area contributed by atoms with Gasteiger partial charge in [0.05, 0.1) is 11.4 Å². The van der Waals surface area contributed by atoms with E-state index < -0.39 is 11.9 Å². The fraction of sp³-hybridized carbons (Fsp3) is 0.444. The lowest BCUT2D eigenvalue weighted by atomic mass is 9.90. The summed E-state index contributed by atoms with van der Waals surface area (Å²) in [6, 6.07) is 11.8. The Labute approximate surface area is 218 Å². The molecule has 3 aromatic rings. The van der Waals surface area contributed by atoms with E-state index in [1.54, 1.807) is 11.7 Å². The summed E-state index contributed by atoms with van der Waals surface area (Å²) in [5.74, 6) is 0.112. The summed E-state index contributed by atoms with van der Waals surface area (Å²) in [5.41, 5.74) is 1.84. The van der Waals surface area contributed by atoms with Crippen molar-refractivity contribution in [2.75, 3.05) is 19.6 Å². The van der Waals surface area contributed by atoms with Gasteiger partial charge in [-0.25, -0.2) is 9.07 Å². The van der Waals surface area contributed by atoms with Gasteiger partial charge in [0.2, 0.25) is 0 Å². The van der Waals surface area contributed by atoms with Crippen LogP contribution in [0.1, 0.15) is 36.9 Å². The van der Waals surface area contributed by atoms with Crippen molar-refractivity contribution in [1.29, 1.82) is 0 Å². The number of hydrogen-bond acceptors (Lipinski definition) is 3. The molecule has 10 heteroatoms. The predicted octanol–water partition coefficient (Wildman–Crippen LogP) is 6.14. The Hall–Kier alpha value is -2.78. The van der Waals surface area contributed by atoms with Gasteiger partial charge in [-0.05, 0) is 86.7 Å². The van der Waals surface area contributed by atoms with Gasteiger partial charge in [0, 0.05) is 20.0 Å². The fourth-order valence-electron chi connectivity index (χ4n) is 4.98. The van der Waals surface area contributed by atoms with Crippen molar-refractivity contribution in [1.82, 2.24) is 14.3 Å². The number of alkyl halides is 3. The SMILES string of the molecule is Cn1c(CCN2CCC(CCCc3ccc(F)cc3)CC2)c(Cl)c(=O)n1-c1ccc(OC(F)(F)F)cc1. The van der Waals surface area contributed by atoms with Gasteiger partial charge in [0.25, 0.3) is 5.56 Å². The average molecular weight is 540 g/mol. The Morgan fingerprint density at radius 1 is 1.00 bits per heavy atom. The zero-order valence-corrected chi connectivity index (χ0v) is 21.4. The standard InChI is InChI=1S/C27H30ClF4N3O2/c1-33-24(25(28)26(36)35(33)22-9-11-23(12-10-22)37-27(30,31)32)15-18-34-16-13-20(14-17-34)4-2-3-19-5-7-21(29)8-6-19/h5-12,20H,2-4,13-18H2,1H3. The van der Waals surface area contributed by atoms with Crippen molar-refractivity contribution >= 4 is 11.6 Å². The Morgan fingerprint density at radius 3 is 2.27 bits per heavy atom. The third kappa shape index (κ3) is 7.17. The zero-order valence-electron chi connectivity index (χ0n) is 20.6. The summed E-state index contributed by atoms with van der Waals surface area (Å²) >= 11 is 6.38. The first-order valence-corrected chi connectivity index (χ1v) is 12.8. The molecule has 5 nitrogen and oxygen atoms in total. The molecule has 0 saturated carbocycles. The van der Waals surface area contributed by atoms with E-state index in [0.29, 0.717) is 23.7 Å². The van der Waals surface area contributed by atoms with Crippen LogP contribution in [0.5, 0.6) is 5.75 Å². The summed E-state index contributed by atoms with van der Waals surface area (Å²) in [5, 5.41) is 0.119. The number of benzene rings is 2. The molecule has 2 aromatic carbocycles. The van der Waals surface area contributed by atoms with Gasteiger partial charge in [0.15, 0.2) is 0 Å². The lowest BCUT2D eigenvalue weighted by molar-refractivity contribution is -0.274. The summed E-state index contributed by atoms with van der Waals surface area (Å²) in [6.45, 7) is 2.72. The maximum atomic E-state index is 13.0. The van der Waals surface area contributed by atoms with Gasteiger partial charge in [-0.1, -0.05) is 30.2 Å². The Morgan fingerprint density at radius 2 is 1.65 bits per heavy atom. The van der Waals surface area contributed by atoms with Gasteiger partial charge in [-0.3, -0.25) is 9.48 Å². The van der Waals surface area contributed by atoms with Crippen molar-refractivity contribution in [3.05, 3.63) is 81.0 Å². The third-order valence-electron chi connectivity index (χ3n) is 7.00. The predicted molar refractivity (Wildman–Crippen MR) is 135 cm³/mol. The molecule has 200 valence electrons. The Balaban J connectivity index is 1.28. The van der Waals surface area contributed by atoms with Crippen LogP contribution < -0.4 is 10.3 Å². The number of piperidine rings is 1. The fourth-order valence-corrected chi connectivity index (χ4v) is 5.27. The maximum Gasteiger partial charge on any atom is 0.573 e.